The molecule has 1 atom stereocenters. The number of nitrogens with zero attached hydrogens (tertiary/aromatic N) is 1. The molecule has 0 fully saturated rings. The van der Waals surface area contributed by atoms with Crippen LogP contribution in [0.1, 0.15) is 18.4 Å². The zero-order valence-electron chi connectivity index (χ0n) is 15.3. The largest absolute Gasteiger partial charge is 0.490 e. The van der Waals surface area contributed by atoms with Crippen molar-refractivity contribution in [2.75, 3.05) is 25.5 Å². The van der Waals surface area contributed by atoms with Gasteiger partial charge < -0.3 is 15.0 Å². The van der Waals surface area contributed by atoms with Crippen LogP contribution in [0.4, 0.5) is 5.69 Å². The summed E-state index contributed by atoms with van der Waals surface area (Å²) >= 11 is 6.04. The second-order valence-corrected chi connectivity index (χ2v) is 7.09. The number of anilines is 1. The van der Waals surface area contributed by atoms with E-state index >= 15 is 0 Å². The summed E-state index contributed by atoms with van der Waals surface area (Å²) in [6, 6.07) is 15.0. The van der Waals surface area contributed by atoms with Crippen molar-refractivity contribution in [3.05, 3.63) is 59.1 Å². The standard InChI is InChI=1S/C21H23ClN2O3/c1-24(12-13-27-19-9-5-3-7-17(19)22)20(25)11-10-16-14-15-6-2-4-8-18(15)23-21(16)26/h2-9,16H,10-14H2,1H3,(H,23,26). The fourth-order valence-electron chi connectivity index (χ4n) is 3.11. The maximum absolute atomic E-state index is 12.4. The minimum Gasteiger partial charge on any atom is -0.490 e. The lowest BCUT2D eigenvalue weighted by Gasteiger charge is -2.25. The Morgan fingerprint density at radius 2 is 1.96 bits per heavy atom. The molecule has 0 saturated carbocycles. The third-order valence-electron chi connectivity index (χ3n) is 4.77. The summed E-state index contributed by atoms with van der Waals surface area (Å²) in [5.41, 5.74) is 2.00. The molecule has 0 saturated heterocycles. The molecule has 2 aromatic carbocycles. The Kier molecular flexibility index (Phi) is 6.35. The Morgan fingerprint density at radius 3 is 2.78 bits per heavy atom. The summed E-state index contributed by atoms with van der Waals surface area (Å²) in [7, 11) is 1.74. The van der Waals surface area contributed by atoms with Crippen LogP contribution in [0.3, 0.4) is 0 Å². The molecule has 27 heavy (non-hydrogen) atoms. The second kappa shape index (κ2) is 8.91. The molecule has 0 aliphatic carbocycles. The predicted molar refractivity (Wildman–Crippen MR) is 106 cm³/mol. The quantitative estimate of drug-likeness (QED) is 0.788. The third kappa shape index (κ3) is 5.01. The van der Waals surface area contributed by atoms with Crippen molar-refractivity contribution in [2.24, 2.45) is 5.92 Å². The Morgan fingerprint density at radius 1 is 1.22 bits per heavy atom. The SMILES string of the molecule is CN(CCOc1ccccc1Cl)C(=O)CCC1Cc2ccccc2NC1=O. The average molecular weight is 387 g/mol. The monoisotopic (exact) mass is 386 g/mol. The zero-order valence-corrected chi connectivity index (χ0v) is 16.0. The number of carbonyl (C=O) groups is 2. The number of para-hydroxylation sites is 2. The van der Waals surface area contributed by atoms with Gasteiger partial charge in [-0.25, -0.2) is 0 Å². The first-order chi connectivity index (χ1) is 13.0. The van der Waals surface area contributed by atoms with Gasteiger partial charge in [-0.05, 0) is 36.6 Å². The molecule has 2 aromatic rings. The molecule has 2 amide bonds. The molecule has 142 valence electrons. The van der Waals surface area contributed by atoms with Crippen molar-refractivity contribution in [2.45, 2.75) is 19.3 Å². The average Bonchev–Trinajstić information content (AvgIpc) is 2.67. The number of hydrogen-bond acceptors (Lipinski definition) is 3. The first-order valence-electron chi connectivity index (χ1n) is 9.04. The van der Waals surface area contributed by atoms with Gasteiger partial charge in [0.05, 0.1) is 11.6 Å². The molecular weight excluding hydrogens is 364 g/mol. The van der Waals surface area contributed by atoms with Crippen LogP contribution in [0.2, 0.25) is 5.02 Å². The van der Waals surface area contributed by atoms with Crippen LogP contribution in [0, 0.1) is 5.92 Å². The summed E-state index contributed by atoms with van der Waals surface area (Å²) in [6.45, 7) is 0.826. The van der Waals surface area contributed by atoms with Gasteiger partial charge >= 0.3 is 0 Å². The number of carbonyl (C=O) groups excluding carboxylic acids is 2. The number of halogens is 1. The minimum absolute atomic E-state index is 0.00409. The van der Waals surface area contributed by atoms with Gasteiger partial charge in [0.15, 0.2) is 0 Å². The van der Waals surface area contributed by atoms with E-state index in [-0.39, 0.29) is 17.7 Å². The number of fused-ring (bicyclic) bond motifs is 1. The Bertz CT molecular complexity index is 825. The van der Waals surface area contributed by atoms with Crippen LogP contribution in [0.5, 0.6) is 5.75 Å². The van der Waals surface area contributed by atoms with Gasteiger partial charge in [0, 0.05) is 25.1 Å². The molecule has 1 aliphatic heterocycles. The smallest absolute Gasteiger partial charge is 0.227 e. The number of benzene rings is 2. The van der Waals surface area contributed by atoms with Crippen molar-refractivity contribution >= 4 is 29.1 Å². The van der Waals surface area contributed by atoms with E-state index in [2.05, 4.69) is 5.32 Å². The first-order valence-corrected chi connectivity index (χ1v) is 9.42. The van der Waals surface area contributed by atoms with Crippen LogP contribution >= 0.6 is 11.6 Å². The fraction of sp³-hybridized carbons (Fsp3) is 0.333. The Balaban J connectivity index is 1.43. The van der Waals surface area contributed by atoms with Crippen molar-refractivity contribution in [3.63, 3.8) is 0 Å². The number of hydrogen-bond donors (Lipinski definition) is 1. The summed E-state index contributed by atoms with van der Waals surface area (Å²) in [6.07, 6.45) is 1.55. The number of likely N-dealkylation sites (N-methyl/N-ethyl adjacent to an activating group) is 1. The summed E-state index contributed by atoms with van der Waals surface area (Å²) < 4.78 is 5.62. The molecule has 0 bridgehead atoms. The molecule has 6 heteroatoms. The fourth-order valence-corrected chi connectivity index (χ4v) is 3.30. The van der Waals surface area contributed by atoms with Gasteiger partial charge in [0.1, 0.15) is 12.4 Å². The van der Waals surface area contributed by atoms with Gasteiger partial charge in [0.25, 0.3) is 0 Å². The molecule has 1 heterocycles. The van der Waals surface area contributed by atoms with E-state index in [1.165, 1.54) is 0 Å². The maximum atomic E-state index is 12.4. The summed E-state index contributed by atoms with van der Waals surface area (Å²) in [4.78, 5) is 26.2. The van der Waals surface area contributed by atoms with E-state index in [4.69, 9.17) is 16.3 Å². The number of amides is 2. The van der Waals surface area contributed by atoms with Crippen molar-refractivity contribution in [1.29, 1.82) is 0 Å². The number of ether oxygens (including phenoxy) is 1. The lowest BCUT2D eigenvalue weighted by molar-refractivity contribution is -0.130. The summed E-state index contributed by atoms with van der Waals surface area (Å²) in [5.74, 6) is 0.435. The van der Waals surface area contributed by atoms with E-state index < -0.39 is 0 Å². The Labute approximate surface area is 164 Å². The van der Waals surface area contributed by atoms with E-state index in [0.29, 0.717) is 43.2 Å². The maximum Gasteiger partial charge on any atom is 0.227 e. The van der Waals surface area contributed by atoms with Crippen molar-refractivity contribution in [1.82, 2.24) is 4.90 Å². The van der Waals surface area contributed by atoms with Crippen molar-refractivity contribution in [3.8, 4) is 5.75 Å². The predicted octanol–water partition coefficient (Wildman–Crippen LogP) is 3.77. The molecular formula is C21H23ClN2O3. The van der Waals surface area contributed by atoms with Gasteiger partial charge in [-0.3, -0.25) is 9.59 Å². The zero-order chi connectivity index (χ0) is 19.2. The highest BCUT2D eigenvalue weighted by Gasteiger charge is 2.26. The molecule has 3 rings (SSSR count). The van der Waals surface area contributed by atoms with Crippen LogP contribution in [-0.4, -0.2) is 36.9 Å². The summed E-state index contributed by atoms with van der Waals surface area (Å²) in [5, 5.41) is 3.48. The molecule has 0 spiro atoms. The lowest BCUT2D eigenvalue weighted by Crippen LogP contribution is -2.33. The minimum atomic E-state index is -0.170. The number of nitrogens with one attached hydrogen (secondary N) is 1. The van der Waals surface area contributed by atoms with Gasteiger partial charge in [-0.2, -0.15) is 0 Å². The molecule has 1 aliphatic rings. The highest BCUT2D eigenvalue weighted by atomic mass is 35.5. The highest BCUT2D eigenvalue weighted by Crippen LogP contribution is 2.27. The highest BCUT2D eigenvalue weighted by molar-refractivity contribution is 6.32. The van der Waals surface area contributed by atoms with Crippen LogP contribution in [0.25, 0.3) is 0 Å². The van der Waals surface area contributed by atoms with Crippen LogP contribution in [-0.2, 0) is 16.0 Å². The number of rotatable bonds is 7. The first kappa shape index (κ1) is 19.2. The van der Waals surface area contributed by atoms with Crippen LogP contribution < -0.4 is 10.1 Å². The van der Waals surface area contributed by atoms with E-state index in [1.54, 1.807) is 24.1 Å². The molecule has 1 unspecified atom stereocenters. The van der Waals surface area contributed by atoms with E-state index in [9.17, 15) is 9.59 Å². The third-order valence-corrected chi connectivity index (χ3v) is 5.08. The topological polar surface area (TPSA) is 58.6 Å². The lowest BCUT2D eigenvalue weighted by atomic mass is 9.89. The molecule has 0 radical (unpaired) electrons. The molecule has 0 aromatic heterocycles. The molecule has 5 nitrogen and oxygen atoms in total. The second-order valence-electron chi connectivity index (χ2n) is 6.68. The normalized spacial score (nSPS) is 15.6. The van der Waals surface area contributed by atoms with Crippen LogP contribution in [0.15, 0.2) is 48.5 Å². The van der Waals surface area contributed by atoms with Gasteiger partial charge in [-0.1, -0.05) is 41.9 Å². The van der Waals surface area contributed by atoms with E-state index in [0.717, 1.165) is 11.3 Å². The van der Waals surface area contributed by atoms with Gasteiger partial charge in [0.2, 0.25) is 11.8 Å². The molecule has 1 N–H and O–H groups in total. The van der Waals surface area contributed by atoms with E-state index in [1.807, 2.05) is 36.4 Å². The van der Waals surface area contributed by atoms with Gasteiger partial charge in [-0.15, -0.1) is 0 Å². The van der Waals surface area contributed by atoms with Crippen molar-refractivity contribution < 1.29 is 14.3 Å². The Hall–Kier alpha value is -2.53.